The second-order valence-electron chi connectivity index (χ2n) is 5.75. The van der Waals surface area contributed by atoms with Crippen LogP contribution < -0.4 is 10.9 Å². The minimum Gasteiger partial charge on any atom is -0.309 e. The number of rotatable bonds is 2. The highest BCUT2D eigenvalue weighted by atomic mass is 16.1. The van der Waals surface area contributed by atoms with Crippen molar-refractivity contribution in [1.82, 2.24) is 15.3 Å². The third-order valence-corrected chi connectivity index (χ3v) is 4.68. The minimum absolute atomic E-state index is 0.0252. The zero-order valence-electron chi connectivity index (χ0n) is 11.3. The monoisotopic (exact) mass is 267 g/mol. The van der Waals surface area contributed by atoms with E-state index in [0.29, 0.717) is 13.1 Å². The van der Waals surface area contributed by atoms with Crippen LogP contribution in [0, 0.1) is 0 Å². The van der Waals surface area contributed by atoms with E-state index in [-0.39, 0.29) is 11.0 Å². The summed E-state index contributed by atoms with van der Waals surface area (Å²) in [5.41, 5.74) is 2.93. The molecular weight excluding hydrogens is 250 g/mol. The summed E-state index contributed by atoms with van der Waals surface area (Å²) in [7, 11) is 0. The van der Waals surface area contributed by atoms with E-state index in [0.717, 1.165) is 29.9 Å². The fourth-order valence-corrected chi connectivity index (χ4v) is 3.36. The van der Waals surface area contributed by atoms with Crippen LogP contribution in [-0.4, -0.2) is 9.97 Å². The van der Waals surface area contributed by atoms with Crippen LogP contribution in [0.15, 0.2) is 35.1 Å². The smallest absolute Gasteiger partial charge is 0.255 e. The summed E-state index contributed by atoms with van der Waals surface area (Å²) in [6.45, 7) is 1.34. The first-order valence-electron chi connectivity index (χ1n) is 7.18. The first kappa shape index (κ1) is 11.9. The van der Waals surface area contributed by atoms with E-state index in [2.05, 4.69) is 34.6 Å². The molecule has 0 atom stereocenters. The molecule has 1 aliphatic carbocycles. The highest BCUT2D eigenvalue weighted by Crippen LogP contribution is 2.47. The van der Waals surface area contributed by atoms with Gasteiger partial charge in [0, 0.05) is 13.1 Å². The maximum Gasteiger partial charge on any atom is 0.255 e. The van der Waals surface area contributed by atoms with Gasteiger partial charge in [0.25, 0.3) is 5.56 Å². The van der Waals surface area contributed by atoms with Gasteiger partial charge in [0.2, 0.25) is 0 Å². The van der Waals surface area contributed by atoms with Gasteiger partial charge in [-0.2, -0.15) is 0 Å². The highest BCUT2D eigenvalue weighted by Gasteiger charge is 2.43. The molecule has 0 spiro atoms. The van der Waals surface area contributed by atoms with Gasteiger partial charge in [0.15, 0.2) is 0 Å². The number of hydrogen-bond acceptors (Lipinski definition) is 3. The van der Waals surface area contributed by atoms with Crippen LogP contribution in [0.25, 0.3) is 0 Å². The summed E-state index contributed by atoms with van der Waals surface area (Å²) in [5, 5.41) is 3.20. The van der Waals surface area contributed by atoms with Crippen LogP contribution in [0.2, 0.25) is 0 Å². The highest BCUT2D eigenvalue weighted by molar-refractivity contribution is 5.37. The van der Waals surface area contributed by atoms with E-state index in [1.807, 2.05) is 6.07 Å². The SMILES string of the molecule is O=c1[nH]c(C2(c3ccccc3)CCC2)nc2c1CNC2. The van der Waals surface area contributed by atoms with E-state index in [1.54, 1.807) is 0 Å². The molecule has 0 amide bonds. The van der Waals surface area contributed by atoms with E-state index in [4.69, 9.17) is 4.98 Å². The summed E-state index contributed by atoms with van der Waals surface area (Å²) < 4.78 is 0. The summed E-state index contributed by atoms with van der Waals surface area (Å²) in [4.78, 5) is 20.0. The van der Waals surface area contributed by atoms with Gasteiger partial charge < -0.3 is 10.3 Å². The normalized spacial score (nSPS) is 19.4. The molecule has 0 bridgehead atoms. The topological polar surface area (TPSA) is 57.8 Å². The fraction of sp³-hybridized carbons (Fsp3) is 0.375. The average Bonchev–Trinajstić information content (AvgIpc) is 2.88. The molecule has 2 heterocycles. The van der Waals surface area contributed by atoms with Crippen molar-refractivity contribution < 1.29 is 0 Å². The predicted molar refractivity (Wildman–Crippen MR) is 76.5 cm³/mol. The molecule has 0 saturated heterocycles. The molecule has 2 aliphatic rings. The predicted octanol–water partition coefficient (Wildman–Crippen LogP) is 1.84. The lowest BCUT2D eigenvalue weighted by Crippen LogP contribution is -2.39. The summed E-state index contributed by atoms with van der Waals surface area (Å²) in [5.74, 6) is 0.849. The molecule has 1 aromatic carbocycles. The molecule has 2 N–H and O–H groups in total. The Hall–Kier alpha value is -1.94. The van der Waals surface area contributed by atoms with Gasteiger partial charge in [-0.15, -0.1) is 0 Å². The molecule has 20 heavy (non-hydrogen) atoms. The van der Waals surface area contributed by atoms with Gasteiger partial charge in [-0.05, 0) is 18.4 Å². The van der Waals surface area contributed by atoms with Crippen molar-refractivity contribution in [2.45, 2.75) is 37.8 Å². The van der Waals surface area contributed by atoms with Gasteiger partial charge in [-0.1, -0.05) is 36.8 Å². The summed E-state index contributed by atoms with van der Waals surface area (Å²) in [6, 6.07) is 10.4. The number of hydrogen-bond donors (Lipinski definition) is 2. The Morgan fingerprint density at radius 1 is 1.10 bits per heavy atom. The van der Waals surface area contributed by atoms with E-state index < -0.39 is 0 Å². The molecule has 1 fully saturated rings. The molecule has 1 saturated carbocycles. The van der Waals surface area contributed by atoms with Crippen molar-refractivity contribution in [1.29, 1.82) is 0 Å². The minimum atomic E-state index is -0.0853. The van der Waals surface area contributed by atoms with Crippen molar-refractivity contribution in [2.24, 2.45) is 0 Å². The van der Waals surface area contributed by atoms with Gasteiger partial charge in [-0.25, -0.2) is 4.98 Å². The van der Waals surface area contributed by atoms with Crippen molar-refractivity contribution in [3.63, 3.8) is 0 Å². The number of fused-ring (bicyclic) bond motifs is 1. The van der Waals surface area contributed by atoms with Crippen LogP contribution in [0.4, 0.5) is 0 Å². The molecular formula is C16H17N3O. The van der Waals surface area contributed by atoms with Crippen LogP contribution >= 0.6 is 0 Å². The molecule has 1 aromatic heterocycles. The third kappa shape index (κ3) is 1.58. The van der Waals surface area contributed by atoms with Crippen molar-refractivity contribution in [2.75, 3.05) is 0 Å². The Balaban J connectivity index is 1.87. The molecule has 0 radical (unpaired) electrons. The van der Waals surface area contributed by atoms with Gasteiger partial charge in [-0.3, -0.25) is 4.79 Å². The Morgan fingerprint density at radius 3 is 2.60 bits per heavy atom. The summed E-state index contributed by atoms with van der Waals surface area (Å²) in [6.07, 6.45) is 3.31. The van der Waals surface area contributed by atoms with Gasteiger partial charge in [0.1, 0.15) is 5.82 Å². The number of H-pyrrole nitrogens is 1. The Labute approximate surface area is 117 Å². The van der Waals surface area contributed by atoms with E-state index >= 15 is 0 Å². The second-order valence-corrected chi connectivity index (χ2v) is 5.75. The molecule has 1 aliphatic heterocycles. The van der Waals surface area contributed by atoms with Gasteiger partial charge in [0.05, 0.1) is 16.7 Å². The van der Waals surface area contributed by atoms with Crippen LogP contribution in [0.1, 0.15) is 41.9 Å². The molecule has 4 heteroatoms. The Morgan fingerprint density at radius 2 is 1.90 bits per heavy atom. The molecule has 4 rings (SSSR count). The third-order valence-electron chi connectivity index (χ3n) is 4.68. The fourth-order valence-electron chi connectivity index (χ4n) is 3.36. The number of aromatic amines is 1. The van der Waals surface area contributed by atoms with E-state index in [1.165, 1.54) is 12.0 Å². The van der Waals surface area contributed by atoms with Crippen LogP contribution in [0.3, 0.4) is 0 Å². The van der Waals surface area contributed by atoms with Crippen molar-refractivity contribution in [3.8, 4) is 0 Å². The maximum atomic E-state index is 12.2. The molecule has 4 nitrogen and oxygen atoms in total. The van der Waals surface area contributed by atoms with Crippen molar-refractivity contribution in [3.05, 3.63) is 63.3 Å². The molecule has 2 aromatic rings. The lowest BCUT2D eigenvalue weighted by atomic mass is 9.64. The number of benzene rings is 1. The standard InChI is InChI=1S/C16H17N3O/c20-14-12-9-17-10-13(12)18-15(19-14)16(7-4-8-16)11-5-2-1-3-6-11/h1-3,5-6,17H,4,7-10H2,(H,18,19,20). The Bertz CT molecular complexity index is 701. The van der Waals surface area contributed by atoms with Crippen molar-refractivity contribution >= 4 is 0 Å². The zero-order valence-corrected chi connectivity index (χ0v) is 11.3. The maximum absolute atomic E-state index is 12.2. The first-order chi connectivity index (χ1) is 9.79. The largest absolute Gasteiger partial charge is 0.309 e. The zero-order chi connectivity index (χ0) is 13.6. The van der Waals surface area contributed by atoms with Crippen LogP contribution in [-0.2, 0) is 18.5 Å². The second kappa shape index (κ2) is 4.28. The number of nitrogens with one attached hydrogen (secondary N) is 2. The number of aromatic nitrogens is 2. The van der Waals surface area contributed by atoms with Gasteiger partial charge >= 0.3 is 0 Å². The lowest BCUT2D eigenvalue weighted by Gasteiger charge is -2.41. The Kier molecular flexibility index (Phi) is 2.54. The average molecular weight is 267 g/mol. The number of nitrogens with zero attached hydrogens (tertiary/aromatic N) is 1. The quantitative estimate of drug-likeness (QED) is 0.873. The van der Waals surface area contributed by atoms with Crippen LogP contribution in [0.5, 0.6) is 0 Å². The summed E-state index contributed by atoms with van der Waals surface area (Å²) >= 11 is 0. The molecule has 102 valence electrons. The molecule has 0 unspecified atom stereocenters. The van der Waals surface area contributed by atoms with E-state index in [9.17, 15) is 4.79 Å². The first-order valence-corrected chi connectivity index (χ1v) is 7.18. The lowest BCUT2D eigenvalue weighted by molar-refractivity contribution is 0.283.